The molecular formula is C15H17Cl2N. The second-order valence-electron chi connectivity index (χ2n) is 4.38. The Morgan fingerprint density at radius 1 is 0.833 bits per heavy atom. The molecule has 2 aromatic carbocycles. The monoisotopic (exact) mass is 281 g/mol. The van der Waals surface area contributed by atoms with Crippen LogP contribution < -0.4 is 4.90 Å². The van der Waals surface area contributed by atoms with Crippen LogP contribution in [-0.4, -0.2) is 7.05 Å². The third-order valence-electron chi connectivity index (χ3n) is 2.81. The second kappa shape index (κ2) is 6.12. The number of aryl methyl sites for hydroxylation is 2. The van der Waals surface area contributed by atoms with Crippen molar-refractivity contribution in [3.63, 3.8) is 0 Å². The summed E-state index contributed by atoms with van der Waals surface area (Å²) in [5, 5.41) is 0.766. The van der Waals surface area contributed by atoms with E-state index in [0.717, 1.165) is 10.7 Å². The Hall–Kier alpha value is -1.18. The maximum atomic E-state index is 5.89. The van der Waals surface area contributed by atoms with E-state index in [2.05, 4.69) is 44.0 Å². The van der Waals surface area contributed by atoms with E-state index in [1.54, 1.807) is 0 Å². The zero-order valence-electron chi connectivity index (χ0n) is 10.8. The van der Waals surface area contributed by atoms with Crippen molar-refractivity contribution in [3.8, 4) is 0 Å². The molecule has 0 heterocycles. The Morgan fingerprint density at radius 2 is 1.33 bits per heavy atom. The fraction of sp³-hybridized carbons (Fsp3) is 0.200. The van der Waals surface area contributed by atoms with Gasteiger partial charge in [-0.05, 0) is 61.4 Å². The van der Waals surface area contributed by atoms with Gasteiger partial charge in [-0.1, -0.05) is 17.7 Å². The molecule has 0 bridgehead atoms. The number of anilines is 2. The van der Waals surface area contributed by atoms with Gasteiger partial charge in [0, 0.05) is 23.4 Å². The van der Waals surface area contributed by atoms with Crippen molar-refractivity contribution < 1.29 is 0 Å². The van der Waals surface area contributed by atoms with Crippen molar-refractivity contribution in [2.24, 2.45) is 0 Å². The highest BCUT2D eigenvalue weighted by atomic mass is 35.5. The highest BCUT2D eigenvalue weighted by Crippen LogP contribution is 2.26. The van der Waals surface area contributed by atoms with Gasteiger partial charge in [-0.25, -0.2) is 0 Å². The van der Waals surface area contributed by atoms with Crippen LogP contribution in [-0.2, 0) is 0 Å². The Kier molecular flexibility index (Phi) is 5.06. The molecule has 0 radical (unpaired) electrons. The standard InChI is InChI=1S/C15H16ClN.ClH/c1-11-8-12(2)10-15(9-11)17(3)14-6-4-13(16)5-7-14;/h4-10H,1-3H3;1H. The number of rotatable bonds is 2. The van der Waals surface area contributed by atoms with Crippen molar-refractivity contribution in [3.05, 3.63) is 58.6 Å². The molecule has 0 atom stereocenters. The molecule has 96 valence electrons. The molecule has 3 heteroatoms. The Morgan fingerprint density at radius 3 is 1.83 bits per heavy atom. The molecule has 2 aromatic rings. The summed E-state index contributed by atoms with van der Waals surface area (Å²) in [6.45, 7) is 4.23. The highest BCUT2D eigenvalue weighted by Gasteiger charge is 2.04. The summed E-state index contributed by atoms with van der Waals surface area (Å²) >= 11 is 5.89. The molecule has 0 N–H and O–H groups in total. The number of hydrogen-bond acceptors (Lipinski definition) is 1. The Labute approximate surface area is 120 Å². The van der Waals surface area contributed by atoms with Gasteiger partial charge < -0.3 is 4.90 Å². The van der Waals surface area contributed by atoms with Gasteiger partial charge in [0.2, 0.25) is 0 Å². The van der Waals surface area contributed by atoms with Crippen molar-refractivity contribution >= 4 is 35.4 Å². The summed E-state index contributed by atoms with van der Waals surface area (Å²) in [5.41, 5.74) is 4.89. The van der Waals surface area contributed by atoms with Crippen LogP contribution >= 0.6 is 24.0 Å². The van der Waals surface area contributed by atoms with Crippen LogP contribution in [0.3, 0.4) is 0 Å². The highest BCUT2D eigenvalue weighted by molar-refractivity contribution is 6.30. The van der Waals surface area contributed by atoms with Crippen LogP contribution in [0.5, 0.6) is 0 Å². The third-order valence-corrected chi connectivity index (χ3v) is 3.06. The predicted molar refractivity (Wildman–Crippen MR) is 82.7 cm³/mol. The molecule has 2 rings (SSSR count). The van der Waals surface area contributed by atoms with Crippen molar-refractivity contribution in [2.45, 2.75) is 13.8 Å². The van der Waals surface area contributed by atoms with Gasteiger partial charge in [0.05, 0.1) is 0 Å². The number of hydrogen-bond donors (Lipinski definition) is 0. The lowest BCUT2D eigenvalue weighted by Gasteiger charge is -2.20. The Bertz CT molecular complexity index is 500. The van der Waals surface area contributed by atoms with E-state index < -0.39 is 0 Å². The van der Waals surface area contributed by atoms with Crippen molar-refractivity contribution in [1.29, 1.82) is 0 Å². The van der Waals surface area contributed by atoms with Gasteiger partial charge >= 0.3 is 0 Å². The minimum absolute atomic E-state index is 0. The summed E-state index contributed by atoms with van der Waals surface area (Å²) in [7, 11) is 2.07. The zero-order chi connectivity index (χ0) is 12.4. The van der Waals surface area contributed by atoms with E-state index in [1.165, 1.54) is 16.8 Å². The molecule has 0 fully saturated rings. The SMILES string of the molecule is Cc1cc(C)cc(N(C)c2ccc(Cl)cc2)c1.Cl. The van der Waals surface area contributed by atoms with Gasteiger partial charge in [0.15, 0.2) is 0 Å². The van der Waals surface area contributed by atoms with Crippen LogP contribution in [0, 0.1) is 13.8 Å². The average Bonchev–Trinajstić information content (AvgIpc) is 2.28. The normalized spacial score (nSPS) is 9.78. The largest absolute Gasteiger partial charge is 0.345 e. The van der Waals surface area contributed by atoms with Crippen LogP contribution in [0.4, 0.5) is 11.4 Å². The summed E-state index contributed by atoms with van der Waals surface area (Å²) < 4.78 is 0. The number of nitrogens with zero attached hydrogens (tertiary/aromatic N) is 1. The van der Waals surface area contributed by atoms with E-state index >= 15 is 0 Å². The fourth-order valence-corrected chi connectivity index (χ4v) is 2.08. The summed E-state index contributed by atoms with van der Waals surface area (Å²) in [5.74, 6) is 0. The summed E-state index contributed by atoms with van der Waals surface area (Å²) in [6.07, 6.45) is 0. The fourth-order valence-electron chi connectivity index (χ4n) is 1.96. The molecule has 0 aliphatic carbocycles. The molecule has 0 aliphatic rings. The molecule has 0 saturated heterocycles. The molecule has 18 heavy (non-hydrogen) atoms. The van der Waals surface area contributed by atoms with Crippen LogP contribution in [0.15, 0.2) is 42.5 Å². The first-order valence-electron chi connectivity index (χ1n) is 5.64. The molecule has 0 spiro atoms. The van der Waals surface area contributed by atoms with E-state index in [4.69, 9.17) is 11.6 Å². The first-order valence-corrected chi connectivity index (χ1v) is 6.01. The molecule has 0 saturated carbocycles. The lowest BCUT2D eigenvalue weighted by atomic mass is 10.1. The summed E-state index contributed by atoms with van der Waals surface area (Å²) in [6, 6.07) is 14.4. The molecule has 0 aromatic heterocycles. The maximum Gasteiger partial charge on any atom is 0.0413 e. The first kappa shape index (κ1) is 14.9. The number of halogens is 2. The zero-order valence-corrected chi connectivity index (χ0v) is 12.3. The second-order valence-corrected chi connectivity index (χ2v) is 4.82. The topological polar surface area (TPSA) is 3.24 Å². The van der Waals surface area contributed by atoms with Gasteiger partial charge in [-0.15, -0.1) is 12.4 Å². The quantitative estimate of drug-likeness (QED) is 0.736. The van der Waals surface area contributed by atoms with Crippen LogP contribution in [0.1, 0.15) is 11.1 Å². The van der Waals surface area contributed by atoms with Crippen LogP contribution in [0.25, 0.3) is 0 Å². The molecule has 1 nitrogen and oxygen atoms in total. The smallest absolute Gasteiger partial charge is 0.0413 e. The maximum absolute atomic E-state index is 5.89. The minimum Gasteiger partial charge on any atom is -0.345 e. The molecular weight excluding hydrogens is 265 g/mol. The molecule has 0 aliphatic heterocycles. The number of benzene rings is 2. The molecule has 0 amide bonds. The lowest BCUT2D eigenvalue weighted by molar-refractivity contribution is 1.19. The van der Waals surface area contributed by atoms with Crippen LogP contribution in [0.2, 0.25) is 5.02 Å². The van der Waals surface area contributed by atoms with E-state index in [9.17, 15) is 0 Å². The van der Waals surface area contributed by atoms with Gasteiger partial charge in [-0.3, -0.25) is 0 Å². The Balaban J connectivity index is 0.00000162. The van der Waals surface area contributed by atoms with Gasteiger partial charge in [-0.2, -0.15) is 0 Å². The minimum atomic E-state index is 0. The van der Waals surface area contributed by atoms with E-state index in [1.807, 2.05) is 24.3 Å². The average molecular weight is 282 g/mol. The summed E-state index contributed by atoms with van der Waals surface area (Å²) in [4.78, 5) is 2.16. The predicted octanol–water partition coefficient (Wildman–Crippen LogP) is 5.15. The molecule has 0 unspecified atom stereocenters. The van der Waals surface area contributed by atoms with Gasteiger partial charge in [0.1, 0.15) is 0 Å². The van der Waals surface area contributed by atoms with Crippen molar-refractivity contribution in [2.75, 3.05) is 11.9 Å². The lowest BCUT2D eigenvalue weighted by Crippen LogP contribution is -2.09. The first-order chi connectivity index (χ1) is 8.06. The third kappa shape index (κ3) is 3.41. The van der Waals surface area contributed by atoms with Gasteiger partial charge in [0.25, 0.3) is 0 Å². The van der Waals surface area contributed by atoms with Crippen molar-refractivity contribution in [1.82, 2.24) is 0 Å². The van der Waals surface area contributed by atoms with E-state index in [-0.39, 0.29) is 12.4 Å². The van der Waals surface area contributed by atoms with E-state index in [0.29, 0.717) is 0 Å².